The highest BCUT2D eigenvalue weighted by molar-refractivity contribution is 6.08. The molecule has 0 saturated heterocycles. The number of nitrogens with zero attached hydrogens (tertiary/aromatic N) is 1. The van der Waals surface area contributed by atoms with Crippen molar-refractivity contribution in [3.63, 3.8) is 0 Å². The highest BCUT2D eigenvalue weighted by Gasteiger charge is 2.26. The molecule has 0 saturated carbocycles. The van der Waals surface area contributed by atoms with Gasteiger partial charge in [-0.3, -0.25) is 4.79 Å². The fourth-order valence-corrected chi connectivity index (χ4v) is 1.95. The number of rotatable bonds is 2. The van der Waals surface area contributed by atoms with Gasteiger partial charge in [0.05, 0.1) is 0 Å². The van der Waals surface area contributed by atoms with E-state index >= 15 is 0 Å². The summed E-state index contributed by atoms with van der Waals surface area (Å²) in [5.41, 5.74) is 3.13. The van der Waals surface area contributed by atoms with Crippen molar-refractivity contribution in [2.45, 2.75) is 20.8 Å². The van der Waals surface area contributed by atoms with Crippen LogP contribution in [0.25, 0.3) is 0 Å². The van der Waals surface area contributed by atoms with Crippen LogP contribution in [0.15, 0.2) is 35.9 Å². The van der Waals surface area contributed by atoms with Gasteiger partial charge >= 0.3 is 0 Å². The number of benzene rings is 1. The third kappa shape index (κ3) is 1.87. The van der Waals surface area contributed by atoms with Crippen molar-refractivity contribution in [3.8, 4) is 0 Å². The second-order valence-electron chi connectivity index (χ2n) is 4.57. The third-order valence-electron chi connectivity index (χ3n) is 2.95. The maximum absolute atomic E-state index is 12.1. The molecule has 2 nitrogen and oxygen atoms in total. The Hall–Kier alpha value is -1.57. The van der Waals surface area contributed by atoms with Gasteiger partial charge < -0.3 is 4.90 Å². The number of anilines is 1. The first-order valence-corrected chi connectivity index (χ1v) is 5.68. The number of aryl methyl sites for hydroxylation is 1. The molecule has 0 radical (unpaired) electrons. The van der Waals surface area contributed by atoms with Crippen molar-refractivity contribution in [2.24, 2.45) is 5.92 Å². The lowest BCUT2D eigenvalue weighted by atomic mass is 10.0. The SMILES string of the molecule is Cc1ccc(N2CC=C(C(C)C)C2=O)cc1. The van der Waals surface area contributed by atoms with E-state index in [1.54, 1.807) is 0 Å². The van der Waals surface area contributed by atoms with Gasteiger partial charge in [0.15, 0.2) is 0 Å². The molecule has 0 spiro atoms. The van der Waals surface area contributed by atoms with Crippen LogP contribution < -0.4 is 4.90 Å². The fraction of sp³-hybridized carbons (Fsp3) is 0.357. The molecule has 0 unspecified atom stereocenters. The van der Waals surface area contributed by atoms with E-state index in [2.05, 4.69) is 13.8 Å². The Morgan fingerprint density at radius 3 is 2.31 bits per heavy atom. The van der Waals surface area contributed by atoms with Crippen LogP contribution in [0.4, 0.5) is 5.69 Å². The Labute approximate surface area is 96.6 Å². The lowest BCUT2D eigenvalue weighted by Crippen LogP contribution is -2.27. The molecular formula is C14H17NO. The fourth-order valence-electron chi connectivity index (χ4n) is 1.95. The van der Waals surface area contributed by atoms with Gasteiger partial charge in [-0.1, -0.05) is 37.6 Å². The van der Waals surface area contributed by atoms with E-state index in [4.69, 9.17) is 0 Å². The summed E-state index contributed by atoms with van der Waals surface area (Å²) in [6, 6.07) is 8.08. The topological polar surface area (TPSA) is 20.3 Å². The van der Waals surface area contributed by atoms with E-state index in [9.17, 15) is 4.79 Å². The highest BCUT2D eigenvalue weighted by Crippen LogP contribution is 2.25. The summed E-state index contributed by atoms with van der Waals surface area (Å²) in [4.78, 5) is 13.9. The van der Waals surface area contributed by atoms with Crippen LogP contribution in [0.3, 0.4) is 0 Å². The van der Waals surface area contributed by atoms with Crippen LogP contribution >= 0.6 is 0 Å². The minimum Gasteiger partial charge on any atom is -0.305 e. The zero-order chi connectivity index (χ0) is 11.7. The quantitative estimate of drug-likeness (QED) is 0.742. The van der Waals surface area contributed by atoms with Crippen molar-refractivity contribution in [1.82, 2.24) is 0 Å². The molecule has 0 fully saturated rings. The first-order chi connectivity index (χ1) is 7.59. The molecule has 0 atom stereocenters. The van der Waals surface area contributed by atoms with Crippen molar-refractivity contribution in [1.29, 1.82) is 0 Å². The Morgan fingerprint density at radius 2 is 1.81 bits per heavy atom. The molecule has 1 aliphatic rings. The lowest BCUT2D eigenvalue weighted by Gasteiger charge is -2.17. The third-order valence-corrected chi connectivity index (χ3v) is 2.95. The van der Waals surface area contributed by atoms with Gasteiger partial charge in [-0.2, -0.15) is 0 Å². The molecule has 2 heteroatoms. The highest BCUT2D eigenvalue weighted by atomic mass is 16.2. The zero-order valence-electron chi connectivity index (χ0n) is 10.0. The molecular weight excluding hydrogens is 198 g/mol. The summed E-state index contributed by atoms with van der Waals surface area (Å²) in [6.45, 7) is 6.87. The van der Waals surface area contributed by atoms with Gasteiger partial charge in [-0.15, -0.1) is 0 Å². The second kappa shape index (κ2) is 4.12. The van der Waals surface area contributed by atoms with Gasteiger partial charge in [0.2, 0.25) is 0 Å². The molecule has 1 heterocycles. The summed E-state index contributed by atoms with van der Waals surface area (Å²) in [5.74, 6) is 0.460. The van der Waals surface area contributed by atoms with Gasteiger partial charge in [-0.05, 0) is 25.0 Å². The number of hydrogen-bond donors (Lipinski definition) is 0. The van der Waals surface area contributed by atoms with E-state index in [-0.39, 0.29) is 5.91 Å². The first kappa shape index (κ1) is 10.9. The Balaban J connectivity index is 2.21. The number of carbonyl (C=O) groups excluding carboxylic acids is 1. The van der Waals surface area contributed by atoms with Gasteiger partial charge in [0.1, 0.15) is 0 Å². The van der Waals surface area contributed by atoms with Gasteiger partial charge in [0.25, 0.3) is 5.91 Å². The molecule has 0 N–H and O–H groups in total. The van der Waals surface area contributed by atoms with Crippen LogP contribution in [-0.4, -0.2) is 12.5 Å². The summed E-state index contributed by atoms with van der Waals surface area (Å²) < 4.78 is 0. The lowest BCUT2D eigenvalue weighted by molar-refractivity contribution is -0.114. The predicted octanol–water partition coefficient (Wildman–Crippen LogP) is 2.92. The normalized spacial score (nSPS) is 15.9. The number of amides is 1. The van der Waals surface area contributed by atoms with Crippen LogP contribution in [0.5, 0.6) is 0 Å². The van der Waals surface area contributed by atoms with Gasteiger partial charge in [0, 0.05) is 17.8 Å². The average Bonchev–Trinajstić information content (AvgIpc) is 2.61. The molecule has 84 valence electrons. The molecule has 0 bridgehead atoms. The van der Waals surface area contributed by atoms with Crippen molar-refractivity contribution >= 4 is 11.6 Å². The molecule has 16 heavy (non-hydrogen) atoms. The van der Waals surface area contributed by atoms with Crippen molar-refractivity contribution in [2.75, 3.05) is 11.4 Å². The van der Waals surface area contributed by atoms with Crippen LogP contribution in [0.1, 0.15) is 19.4 Å². The Bertz CT molecular complexity index is 429. The summed E-state index contributed by atoms with van der Waals surface area (Å²) in [5, 5.41) is 0. The minimum atomic E-state index is 0.152. The Kier molecular flexibility index (Phi) is 2.82. The maximum atomic E-state index is 12.1. The number of carbonyl (C=O) groups is 1. The second-order valence-corrected chi connectivity index (χ2v) is 4.57. The number of hydrogen-bond acceptors (Lipinski definition) is 1. The molecule has 1 aliphatic heterocycles. The summed E-state index contributed by atoms with van der Waals surface area (Å²) in [6.07, 6.45) is 2.03. The Morgan fingerprint density at radius 1 is 1.19 bits per heavy atom. The molecule has 0 aromatic heterocycles. The van der Waals surface area contributed by atoms with E-state index in [1.165, 1.54) is 5.56 Å². The summed E-state index contributed by atoms with van der Waals surface area (Å²) >= 11 is 0. The minimum absolute atomic E-state index is 0.152. The van der Waals surface area contributed by atoms with Crippen molar-refractivity contribution < 1.29 is 4.79 Å². The smallest absolute Gasteiger partial charge is 0.254 e. The summed E-state index contributed by atoms with van der Waals surface area (Å²) in [7, 11) is 0. The monoisotopic (exact) mass is 215 g/mol. The standard InChI is InChI=1S/C14H17NO/c1-10(2)13-8-9-15(14(13)16)12-6-4-11(3)5-7-12/h4-8,10H,9H2,1-3H3. The molecule has 1 amide bonds. The first-order valence-electron chi connectivity index (χ1n) is 5.68. The molecule has 1 aromatic rings. The van der Waals surface area contributed by atoms with Crippen LogP contribution in [-0.2, 0) is 4.79 Å². The largest absolute Gasteiger partial charge is 0.305 e. The molecule has 2 rings (SSSR count). The molecule has 1 aromatic carbocycles. The van der Waals surface area contributed by atoms with E-state index < -0.39 is 0 Å². The molecule has 0 aliphatic carbocycles. The van der Waals surface area contributed by atoms with Gasteiger partial charge in [-0.25, -0.2) is 0 Å². The maximum Gasteiger partial charge on any atom is 0.254 e. The van der Waals surface area contributed by atoms with Crippen molar-refractivity contribution in [3.05, 3.63) is 41.5 Å². The average molecular weight is 215 g/mol. The van der Waals surface area contributed by atoms with Crippen LogP contribution in [0, 0.1) is 12.8 Å². The van der Waals surface area contributed by atoms with E-state index in [1.807, 2.05) is 42.2 Å². The van der Waals surface area contributed by atoms with E-state index in [0.717, 1.165) is 11.3 Å². The predicted molar refractivity (Wildman–Crippen MR) is 66.5 cm³/mol. The van der Waals surface area contributed by atoms with E-state index in [0.29, 0.717) is 12.5 Å². The zero-order valence-corrected chi connectivity index (χ0v) is 10.0. The van der Waals surface area contributed by atoms with Crippen LogP contribution in [0.2, 0.25) is 0 Å².